The molecule has 1 aromatic carbocycles. The van der Waals surface area contributed by atoms with Crippen LogP contribution in [0.15, 0.2) is 24.3 Å². The van der Waals surface area contributed by atoms with Crippen LogP contribution in [-0.4, -0.2) is 46.9 Å². The number of rotatable bonds is 7. The smallest absolute Gasteiger partial charge is 0.318 e. The van der Waals surface area contributed by atoms with E-state index < -0.39 is 0 Å². The highest BCUT2D eigenvalue weighted by Gasteiger charge is 2.29. The summed E-state index contributed by atoms with van der Waals surface area (Å²) in [6, 6.07) is 8.23. The van der Waals surface area contributed by atoms with Gasteiger partial charge in [0.25, 0.3) is 0 Å². The lowest BCUT2D eigenvalue weighted by molar-refractivity contribution is -0.134. The molecule has 5 heteroatoms. The van der Waals surface area contributed by atoms with Gasteiger partial charge in [-0.15, -0.1) is 0 Å². The van der Waals surface area contributed by atoms with E-state index in [1.54, 1.807) is 4.90 Å². The maximum absolute atomic E-state index is 13.1. The van der Waals surface area contributed by atoms with Crippen molar-refractivity contribution in [3.63, 3.8) is 0 Å². The minimum absolute atomic E-state index is 0.0292. The molecule has 2 rings (SSSR count). The van der Waals surface area contributed by atoms with Gasteiger partial charge in [0.1, 0.15) is 6.54 Å². The first-order valence-electron chi connectivity index (χ1n) is 10.7. The molecule has 0 saturated heterocycles. The molecule has 0 bridgehead atoms. The summed E-state index contributed by atoms with van der Waals surface area (Å²) in [6.07, 6.45) is 5.19. The molecule has 0 radical (unpaired) electrons. The Bertz CT molecular complexity index is 666. The maximum Gasteiger partial charge on any atom is 0.318 e. The molecule has 1 aliphatic heterocycles. The first-order valence-corrected chi connectivity index (χ1v) is 10.7. The van der Waals surface area contributed by atoms with Gasteiger partial charge in [-0.2, -0.15) is 0 Å². The molecule has 5 nitrogen and oxygen atoms in total. The van der Waals surface area contributed by atoms with E-state index in [0.29, 0.717) is 13.1 Å². The molecule has 0 aliphatic carbocycles. The van der Waals surface area contributed by atoms with E-state index in [2.05, 4.69) is 37.4 Å². The van der Waals surface area contributed by atoms with Crippen LogP contribution in [0.25, 0.3) is 0 Å². The number of unbranched alkanes of at least 4 members (excludes halogenated alkanes) is 3. The molecule has 156 valence electrons. The maximum atomic E-state index is 13.1. The van der Waals surface area contributed by atoms with Crippen LogP contribution in [0.1, 0.15) is 77.5 Å². The molecule has 0 saturated carbocycles. The molecule has 0 aromatic heterocycles. The molecule has 1 aliphatic rings. The minimum atomic E-state index is -0.320. The van der Waals surface area contributed by atoms with Crippen LogP contribution in [0, 0.1) is 0 Å². The Morgan fingerprint density at radius 2 is 1.89 bits per heavy atom. The van der Waals surface area contributed by atoms with Gasteiger partial charge in [-0.3, -0.25) is 4.79 Å². The third-order valence-electron chi connectivity index (χ3n) is 5.29. The van der Waals surface area contributed by atoms with Crippen molar-refractivity contribution in [3.05, 3.63) is 35.4 Å². The van der Waals surface area contributed by atoms with Gasteiger partial charge in [0, 0.05) is 18.6 Å². The fourth-order valence-electron chi connectivity index (χ4n) is 3.75. The molecule has 1 aromatic rings. The summed E-state index contributed by atoms with van der Waals surface area (Å²) >= 11 is 0. The molecule has 0 fully saturated rings. The number of urea groups is 1. The summed E-state index contributed by atoms with van der Waals surface area (Å²) in [4.78, 5) is 29.5. The van der Waals surface area contributed by atoms with Gasteiger partial charge in [-0.1, -0.05) is 50.5 Å². The zero-order valence-electron chi connectivity index (χ0n) is 18.3. The molecular weight excluding hydrogens is 350 g/mol. The Morgan fingerprint density at radius 1 is 1.18 bits per heavy atom. The number of nitrogens with one attached hydrogen (secondary N) is 1. The van der Waals surface area contributed by atoms with Gasteiger partial charge < -0.3 is 15.1 Å². The summed E-state index contributed by atoms with van der Waals surface area (Å²) in [7, 11) is 0. The number of benzene rings is 1. The van der Waals surface area contributed by atoms with Crippen molar-refractivity contribution in [1.29, 1.82) is 0 Å². The average Bonchev–Trinajstić information content (AvgIpc) is 2.63. The van der Waals surface area contributed by atoms with Crippen molar-refractivity contribution in [2.24, 2.45) is 0 Å². The highest BCUT2D eigenvalue weighted by molar-refractivity contribution is 5.84. The summed E-state index contributed by atoms with van der Waals surface area (Å²) < 4.78 is 0. The number of carbonyl (C=O) groups is 2. The molecular formula is C23H37N3O2. The Balaban J connectivity index is 2.05. The lowest BCUT2D eigenvalue weighted by Gasteiger charge is -2.37. The van der Waals surface area contributed by atoms with Crippen molar-refractivity contribution in [2.45, 2.75) is 78.3 Å². The largest absolute Gasteiger partial charge is 0.334 e. The molecule has 1 unspecified atom stereocenters. The van der Waals surface area contributed by atoms with Crippen molar-refractivity contribution in [2.75, 3.05) is 19.6 Å². The van der Waals surface area contributed by atoms with Gasteiger partial charge in [-0.05, 0) is 51.7 Å². The second kappa shape index (κ2) is 9.94. The third kappa shape index (κ3) is 6.25. The molecule has 1 atom stereocenters. The van der Waals surface area contributed by atoms with Gasteiger partial charge in [0.15, 0.2) is 0 Å². The second-order valence-corrected chi connectivity index (χ2v) is 8.87. The van der Waals surface area contributed by atoms with Crippen molar-refractivity contribution in [3.8, 4) is 0 Å². The standard InChI is InChI=1S/C23H37N3O2/c1-6-7-8-11-15-25(22(28)24-23(3,4)5)17-21(27)26-16-14-19-12-9-10-13-20(19)18(26)2/h9-10,12-13,18H,6-8,11,14-17H2,1-5H3,(H,24,28). The van der Waals surface area contributed by atoms with E-state index in [0.717, 1.165) is 32.1 Å². The number of nitrogens with zero attached hydrogens (tertiary/aromatic N) is 2. The predicted octanol–water partition coefficient (Wildman–Crippen LogP) is 4.52. The van der Waals surface area contributed by atoms with E-state index in [1.807, 2.05) is 31.7 Å². The first-order chi connectivity index (χ1) is 13.2. The SMILES string of the molecule is CCCCCCN(CC(=O)N1CCc2ccccc2C1C)C(=O)NC(C)(C)C. The highest BCUT2D eigenvalue weighted by Crippen LogP contribution is 2.29. The monoisotopic (exact) mass is 387 g/mol. The van der Waals surface area contributed by atoms with E-state index >= 15 is 0 Å². The van der Waals surface area contributed by atoms with E-state index in [4.69, 9.17) is 0 Å². The van der Waals surface area contributed by atoms with Crippen LogP contribution in [0.3, 0.4) is 0 Å². The number of fused-ring (bicyclic) bond motifs is 1. The van der Waals surface area contributed by atoms with Crippen LogP contribution in [0.2, 0.25) is 0 Å². The third-order valence-corrected chi connectivity index (χ3v) is 5.29. The Hall–Kier alpha value is -2.04. The average molecular weight is 388 g/mol. The topological polar surface area (TPSA) is 52.7 Å². The fraction of sp³-hybridized carbons (Fsp3) is 0.652. The van der Waals surface area contributed by atoms with Crippen molar-refractivity contribution >= 4 is 11.9 Å². The summed E-state index contributed by atoms with van der Waals surface area (Å²) in [5.41, 5.74) is 2.22. The number of carbonyl (C=O) groups excluding carboxylic acids is 2. The summed E-state index contributed by atoms with van der Waals surface area (Å²) in [5.74, 6) is 0.0292. The molecule has 3 amide bonds. The molecule has 28 heavy (non-hydrogen) atoms. The van der Waals surface area contributed by atoms with Crippen molar-refractivity contribution < 1.29 is 9.59 Å². The Labute approximate surface area is 170 Å². The molecule has 1 N–H and O–H groups in total. The van der Waals surface area contributed by atoms with Crippen LogP contribution in [-0.2, 0) is 11.2 Å². The fourth-order valence-corrected chi connectivity index (χ4v) is 3.75. The van der Waals surface area contributed by atoms with Gasteiger partial charge >= 0.3 is 6.03 Å². The van der Waals surface area contributed by atoms with Crippen LogP contribution in [0.4, 0.5) is 4.79 Å². The molecule has 0 spiro atoms. The quantitative estimate of drug-likeness (QED) is 0.699. The van der Waals surface area contributed by atoms with Gasteiger partial charge in [0.2, 0.25) is 5.91 Å². The zero-order valence-corrected chi connectivity index (χ0v) is 18.3. The highest BCUT2D eigenvalue weighted by atomic mass is 16.2. The van der Waals surface area contributed by atoms with Crippen LogP contribution < -0.4 is 5.32 Å². The normalized spacial score (nSPS) is 16.5. The summed E-state index contributed by atoms with van der Waals surface area (Å²) in [5, 5.41) is 3.01. The zero-order chi connectivity index (χ0) is 20.7. The first kappa shape index (κ1) is 22.3. The summed E-state index contributed by atoms with van der Waals surface area (Å²) in [6.45, 7) is 11.6. The lowest BCUT2D eigenvalue weighted by Crippen LogP contribution is -2.52. The minimum Gasteiger partial charge on any atom is -0.334 e. The number of hydrogen-bond donors (Lipinski definition) is 1. The molecule has 1 heterocycles. The Morgan fingerprint density at radius 3 is 2.57 bits per heavy atom. The number of amides is 3. The van der Waals surface area contributed by atoms with E-state index in [-0.39, 0.29) is 30.1 Å². The van der Waals surface area contributed by atoms with Gasteiger partial charge in [-0.25, -0.2) is 4.79 Å². The van der Waals surface area contributed by atoms with Crippen LogP contribution in [0.5, 0.6) is 0 Å². The van der Waals surface area contributed by atoms with Crippen molar-refractivity contribution in [1.82, 2.24) is 15.1 Å². The number of hydrogen-bond acceptors (Lipinski definition) is 2. The second-order valence-electron chi connectivity index (χ2n) is 8.87. The van der Waals surface area contributed by atoms with E-state index in [9.17, 15) is 9.59 Å². The lowest BCUT2D eigenvalue weighted by atomic mass is 9.93. The van der Waals surface area contributed by atoms with Crippen LogP contribution >= 0.6 is 0 Å². The predicted molar refractivity (Wildman–Crippen MR) is 114 cm³/mol. The van der Waals surface area contributed by atoms with E-state index in [1.165, 1.54) is 11.1 Å². The Kier molecular flexibility index (Phi) is 7.90. The van der Waals surface area contributed by atoms with Gasteiger partial charge in [0.05, 0.1) is 6.04 Å².